The van der Waals surface area contributed by atoms with E-state index in [9.17, 15) is 4.79 Å². The molecule has 0 aliphatic carbocycles. The number of carbonyl (C=O) groups excluding carboxylic acids is 1. The summed E-state index contributed by atoms with van der Waals surface area (Å²) in [5, 5.41) is 10.9. The van der Waals surface area contributed by atoms with Crippen molar-refractivity contribution in [2.24, 2.45) is 14.1 Å². The van der Waals surface area contributed by atoms with Crippen LogP contribution in [-0.2, 0) is 20.5 Å². The molecule has 0 aromatic carbocycles. The number of rotatable bonds is 3. The van der Waals surface area contributed by atoms with Gasteiger partial charge in [0.1, 0.15) is 0 Å². The van der Waals surface area contributed by atoms with Gasteiger partial charge < -0.3 is 5.32 Å². The highest BCUT2D eigenvalue weighted by Gasteiger charge is 2.12. The molecule has 2 rings (SSSR count). The molecule has 90 valence electrons. The fourth-order valence-corrected chi connectivity index (χ4v) is 1.61. The van der Waals surface area contributed by atoms with Crippen LogP contribution >= 0.6 is 0 Å². The van der Waals surface area contributed by atoms with Crippen LogP contribution in [-0.4, -0.2) is 25.5 Å². The molecule has 0 aliphatic heterocycles. The van der Waals surface area contributed by atoms with Gasteiger partial charge in [0, 0.05) is 32.1 Å². The van der Waals surface area contributed by atoms with Crippen LogP contribution in [0.3, 0.4) is 0 Å². The molecule has 0 radical (unpaired) electrons. The van der Waals surface area contributed by atoms with Gasteiger partial charge in [-0.25, -0.2) is 0 Å². The highest BCUT2D eigenvalue weighted by Crippen LogP contribution is 2.07. The fraction of sp³-hybridized carbons (Fsp3) is 0.364. The van der Waals surface area contributed by atoms with E-state index < -0.39 is 0 Å². The Morgan fingerprint density at radius 3 is 2.71 bits per heavy atom. The number of amides is 1. The Balaban J connectivity index is 2.14. The Kier molecular flexibility index (Phi) is 2.95. The van der Waals surface area contributed by atoms with E-state index in [4.69, 9.17) is 0 Å². The molecule has 6 heteroatoms. The normalized spacial score (nSPS) is 10.5. The van der Waals surface area contributed by atoms with E-state index in [-0.39, 0.29) is 5.91 Å². The number of aryl methyl sites for hydroxylation is 3. The van der Waals surface area contributed by atoms with Crippen molar-refractivity contribution >= 4 is 11.7 Å². The van der Waals surface area contributed by atoms with Crippen LogP contribution in [0.5, 0.6) is 0 Å². The third-order valence-corrected chi connectivity index (χ3v) is 2.53. The van der Waals surface area contributed by atoms with Gasteiger partial charge in [-0.15, -0.1) is 0 Å². The summed E-state index contributed by atoms with van der Waals surface area (Å²) in [7, 11) is 3.63. The second-order valence-corrected chi connectivity index (χ2v) is 3.83. The lowest BCUT2D eigenvalue weighted by Gasteiger charge is -1.97. The van der Waals surface area contributed by atoms with Gasteiger partial charge in [-0.2, -0.15) is 10.2 Å². The lowest BCUT2D eigenvalue weighted by atomic mass is 10.3. The Morgan fingerprint density at radius 1 is 1.41 bits per heavy atom. The summed E-state index contributed by atoms with van der Waals surface area (Å²) in [6.07, 6.45) is 2.62. The van der Waals surface area contributed by atoms with Gasteiger partial charge in [-0.3, -0.25) is 14.2 Å². The van der Waals surface area contributed by atoms with Gasteiger partial charge in [0.05, 0.1) is 0 Å². The minimum atomic E-state index is -0.237. The van der Waals surface area contributed by atoms with Crippen molar-refractivity contribution in [3.05, 3.63) is 29.7 Å². The maximum absolute atomic E-state index is 11.9. The third kappa shape index (κ3) is 2.35. The molecule has 6 nitrogen and oxygen atoms in total. The molecule has 0 saturated heterocycles. The van der Waals surface area contributed by atoms with Crippen LogP contribution in [0.1, 0.15) is 23.1 Å². The average Bonchev–Trinajstić information content (AvgIpc) is 2.85. The van der Waals surface area contributed by atoms with Crippen molar-refractivity contribution < 1.29 is 4.79 Å². The number of hydrogen-bond donors (Lipinski definition) is 1. The maximum Gasteiger partial charge on any atom is 0.277 e. The molecule has 0 bridgehead atoms. The van der Waals surface area contributed by atoms with Crippen LogP contribution in [0.25, 0.3) is 0 Å². The molecule has 2 aromatic heterocycles. The zero-order valence-electron chi connectivity index (χ0n) is 10.1. The van der Waals surface area contributed by atoms with Crippen LogP contribution in [0, 0.1) is 0 Å². The lowest BCUT2D eigenvalue weighted by Crippen LogP contribution is -2.13. The summed E-state index contributed by atoms with van der Waals surface area (Å²) in [5.41, 5.74) is 1.44. The van der Waals surface area contributed by atoms with Crippen molar-refractivity contribution in [1.82, 2.24) is 19.6 Å². The van der Waals surface area contributed by atoms with E-state index in [0.29, 0.717) is 11.5 Å². The second kappa shape index (κ2) is 4.40. The Morgan fingerprint density at radius 2 is 2.18 bits per heavy atom. The molecular formula is C11H15N5O. The van der Waals surface area contributed by atoms with Crippen molar-refractivity contribution in [1.29, 1.82) is 0 Å². The molecule has 1 N–H and O–H groups in total. The van der Waals surface area contributed by atoms with Gasteiger partial charge in [0.2, 0.25) is 0 Å². The summed E-state index contributed by atoms with van der Waals surface area (Å²) in [5.74, 6) is 0.292. The summed E-state index contributed by atoms with van der Waals surface area (Å²) in [6, 6.07) is 3.53. The molecule has 0 aliphatic rings. The number of aromatic nitrogens is 4. The van der Waals surface area contributed by atoms with E-state index in [1.54, 1.807) is 34.7 Å². The van der Waals surface area contributed by atoms with Crippen LogP contribution < -0.4 is 5.32 Å². The van der Waals surface area contributed by atoms with Crippen LogP contribution in [0.2, 0.25) is 0 Å². The van der Waals surface area contributed by atoms with E-state index >= 15 is 0 Å². The summed E-state index contributed by atoms with van der Waals surface area (Å²) in [6.45, 7) is 2.03. The molecular weight excluding hydrogens is 218 g/mol. The van der Waals surface area contributed by atoms with Gasteiger partial charge in [0.25, 0.3) is 5.91 Å². The van der Waals surface area contributed by atoms with E-state index in [2.05, 4.69) is 15.5 Å². The highest BCUT2D eigenvalue weighted by atomic mass is 16.2. The molecule has 0 saturated carbocycles. The molecule has 1 amide bonds. The number of carbonyl (C=O) groups is 1. The van der Waals surface area contributed by atoms with Crippen molar-refractivity contribution in [3.8, 4) is 0 Å². The van der Waals surface area contributed by atoms with Gasteiger partial charge in [-0.05, 0) is 12.5 Å². The quantitative estimate of drug-likeness (QED) is 0.859. The van der Waals surface area contributed by atoms with E-state index in [1.807, 2.05) is 14.0 Å². The molecule has 0 unspecified atom stereocenters. The first-order valence-electron chi connectivity index (χ1n) is 5.44. The maximum atomic E-state index is 11.9. The summed E-state index contributed by atoms with van der Waals surface area (Å²) >= 11 is 0. The summed E-state index contributed by atoms with van der Waals surface area (Å²) < 4.78 is 3.35. The average molecular weight is 233 g/mol. The molecule has 2 aromatic rings. The Labute approximate surface area is 99.2 Å². The molecule has 0 atom stereocenters. The molecule has 2 heterocycles. The topological polar surface area (TPSA) is 64.7 Å². The van der Waals surface area contributed by atoms with Crippen molar-refractivity contribution in [2.75, 3.05) is 5.32 Å². The minimum Gasteiger partial charge on any atom is -0.304 e. The first-order valence-corrected chi connectivity index (χ1v) is 5.44. The molecule has 0 spiro atoms. The largest absolute Gasteiger partial charge is 0.304 e. The number of nitrogens with zero attached hydrogens (tertiary/aromatic N) is 4. The third-order valence-electron chi connectivity index (χ3n) is 2.53. The fourth-order valence-electron chi connectivity index (χ4n) is 1.61. The Bertz CT molecular complexity index is 540. The number of nitrogens with one attached hydrogen (secondary N) is 1. The second-order valence-electron chi connectivity index (χ2n) is 3.83. The van der Waals surface area contributed by atoms with Gasteiger partial charge in [0.15, 0.2) is 11.5 Å². The smallest absolute Gasteiger partial charge is 0.277 e. The van der Waals surface area contributed by atoms with Crippen LogP contribution in [0.15, 0.2) is 18.3 Å². The minimum absolute atomic E-state index is 0.237. The molecule has 17 heavy (non-hydrogen) atoms. The SMILES string of the molecule is CCc1cc(C(=O)Nc2ccn(C)n2)nn1C. The zero-order valence-corrected chi connectivity index (χ0v) is 10.1. The molecule has 0 fully saturated rings. The van der Waals surface area contributed by atoms with E-state index in [0.717, 1.165) is 12.1 Å². The van der Waals surface area contributed by atoms with Crippen molar-refractivity contribution in [2.45, 2.75) is 13.3 Å². The Hall–Kier alpha value is -2.11. The first-order chi connectivity index (χ1) is 8.10. The highest BCUT2D eigenvalue weighted by molar-refractivity contribution is 6.02. The number of hydrogen-bond acceptors (Lipinski definition) is 3. The summed E-state index contributed by atoms with van der Waals surface area (Å²) in [4.78, 5) is 11.9. The van der Waals surface area contributed by atoms with Gasteiger partial charge in [-0.1, -0.05) is 6.92 Å². The lowest BCUT2D eigenvalue weighted by molar-refractivity contribution is 0.102. The number of anilines is 1. The first kappa shape index (κ1) is 11.4. The monoisotopic (exact) mass is 233 g/mol. The predicted octanol–water partition coefficient (Wildman–Crippen LogP) is 0.968. The van der Waals surface area contributed by atoms with Crippen LogP contribution in [0.4, 0.5) is 5.82 Å². The zero-order chi connectivity index (χ0) is 12.4. The van der Waals surface area contributed by atoms with Gasteiger partial charge >= 0.3 is 0 Å². The van der Waals surface area contributed by atoms with Crippen molar-refractivity contribution in [3.63, 3.8) is 0 Å². The standard InChI is InChI=1S/C11H15N5O/c1-4-8-7-9(13-16(8)3)11(17)12-10-5-6-15(2)14-10/h5-7H,4H2,1-3H3,(H,12,14,17). The predicted molar refractivity (Wildman–Crippen MR) is 63.7 cm³/mol. The van der Waals surface area contributed by atoms with E-state index in [1.165, 1.54) is 0 Å².